The summed E-state index contributed by atoms with van der Waals surface area (Å²) >= 11 is 0. The Balaban J connectivity index is 1.82. The summed E-state index contributed by atoms with van der Waals surface area (Å²) in [5.41, 5.74) is 7.24. The van der Waals surface area contributed by atoms with Crippen LogP contribution in [0, 0.1) is 0 Å². The van der Waals surface area contributed by atoms with Crippen molar-refractivity contribution in [3.63, 3.8) is 0 Å². The van der Waals surface area contributed by atoms with Crippen LogP contribution in [-0.2, 0) is 13.5 Å². The molecule has 0 aliphatic rings. The molecule has 0 aliphatic heterocycles. The molecule has 96 valence electrons. The summed E-state index contributed by atoms with van der Waals surface area (Å²) in [6, 6.07) is 4.92. The van der Waals surface area contributed by atoms with E-state index in [-0.39, 0.29) is 5.75 Å². The average Bonchev–Trinajstić information content (AvgIpc) is 2.75. The molecule has 0 amide bonds. The molecular formula is C13H19N4O+. The monoisotopic (exact) mass is 247 g/mol. The number of nitrogen functional groups attached to an aromatic ring is 1. The molecule has 5 N–H and O–H groups in total. The number of aryl methyl sites for hydroxylation is 2. The van der Waals surface area contributed by atoms with Gasteiger partial charge in [-0.15, -0.1) is 0 Å². The fourth-order valence-electron chi connectivity index (χ4n) is 1.86. The quantitative estimate of drug-likeness (QED) is 0.277. The number of aromatic nitrogens is 2. The summed E-state index contributed by atoms with van der Waals surface area (Å²) < 4.78 is 2.07. The molecule has 18 heavy (non-hydrogen) atoms. The van der Waals surface area contributed by atoms with Gasteiger partial charge in [-0.25, -0.2) is 9.55 Å². The standard InChI is InChI=1S/C13H18N4O/c1-17-8-7-16-13(17)3-2-6-15-12-9-10(18)4-5-11(12)14/h4-5,7-9,15,18H,2-3,6,14H2,1H3/p+1. The highest BCUT2D eigenvalue weighted by Gasteiger charge is 2.06. The lowest BCUT2D eigenvalue weighted by Crippen LogP contribution is -2.30. The van der Waals surface area contributed by atoms with Crippen LogP contribution in [0.25, 0.3) is 0 Å². The second-order valence-electron chi connectivity index (χ2n) is 4.32. The van der Waals surface area contributed by atoms with E-state index in [1.54, 1.807) is 18.2 Å². The van der Waals surface area contributed by atoms with Gasteiger partial charge in [0.25, 0.3) is 5.82 Å². The molecule has 5 heteroatoms. The van der Waals surface area contributed by atoms with Gasteiger partial charge >= 0.3 is 0 Å². The zero-order valence-corrected chi connectivity index (χ0v) is 10.5. The number of H-pyrrole nitrogens is 1. The van der Waals surface area contributed by atoms with Crippen LogP contribution in [0.5, 0.6) is 5.75 Å². The van der Waals surface area contributed by atoms with E-state index in [0.717, 1.165) is 25.1 Å². The molecule has 5 nitrogen and oxygen atoms in total. The number of aromatic hydroxyl groups is 1. The van der Waals surface area contributed by atoms with Gasteiger partial charge in [0.05, 0.1) is 24.8 Å². The number of rotatable bonds is 5. The van der Waals surface area contributed by atoms with E-state index in [4.69, 9.17) is 5.73 Å². The second-order valence-corrected chi connectivity index (χ2v) is 4.32. The number of anilines is 2. The van der Waals surface area contributed by atoms with Crippen molar-refractivity contribution in [2.24, 2.45) is 7.05 Å². The summed E-state index contributed by atoms with van der Waals surface area (Å²) in [6.07, 6.45) is 5.88. The fraction of sp³-hybridized carbons (Fsp3) is 0.308. The minimum atomic E-state index is 0.225. The van der Waals surface area contributed by atoms with E-state index in [1.165, 1.54) is 5.82 Å². The molecular weight excluding hydrogens is 228 g/mol. The molecule has 0 spiro atoms. The summed E-state index contributed by atoms with van der Waals surface area (Å²) in [5.74, 6) is 1.42. The zero-order chi connectivity index (χ0) is 13.0. The van der Waals surface area contributed by atoms with Crippen LogP contribution < -0.4 is 15.6 Å². The normalized spacial score (nSPS) is 10.5. The van der Waals surface area contributed by atoms with Crippen LogP contribution >= 0.6 is 0 Å². The lowest BCUT2D eigenvalue weighted by atomic mass is 10.2. The van der Waals surface area contributed by atoms with E-state index >= 15 is 0 Å². The van der Waals surface area contributed by atoms with Gasteiger partial charge in [0.15, 0.2) is 0 Å². The van der Waals surface area contributed by atoms with Crippen molar-refractivity contribution in [1.82, 2.24) is 4.98 Å². The van der Waals surface area contributed by atoms with Crippen molar-refractivity contribution in [1.29, 1.82) is 0 Å². The Labute approximate surface area is 106 Å². The Bertz CT molecular complexity index is 521. The van der Waals surface area contributed by atoms with Crippen molar-refractivity contribution in [3.8, 4) is 5.75 Å². The van der Waals surface area contributed by atoms with E-state index in [9.17, 15) is 5.11 Å². The maximum Gasteiger partial charge on any atom is 0.254 e. The number of imidazole rings is 1. The van der Waals surface area contributed by atoms with Crippen molar-refractivity contribution in [3.05, 3.63) is 36.4 Å². The highest BCUT2D eigenvalue weighted by Crippen LogP contribution is 2.23. The summed E-state index contributed by atoms with van der Waals surface area (Å²) in [6.45, 7) is 0.812. The molecule has 0 atom stereocenters. The minimum absolute atomic E-state index is 0.225. The SMILES string of the molecule is C[n+]1cc[nH]c1CCCNc1cc(O)ccc1N. The summed E-state index contributed by atoms with van der Waals surface area (Å²) in [7, 11) is 2.02. The smallest absolute Gasteiger partial charge is 0.254 e. The lowest BCUT2D eigenvalue weighted by molar-refractivity contribution is -0.677. The largest absolute Gasteiger partial charge is 0.508 e. The van der Waals surface area contributed by atoms with Crippen molar-refractivity contribution in [2.45, 2.75) is 12.8 Å². The third-order valence-electron chi connectivity index (χ3n) is 2.92. The third kappa shape index (κ3) is 2.94. The van der Waals surface area contributed by atoms with E-state index in [0.29, 0.717) is 5.69 Å². The highest BCUT2D eigenvalue weighted by atomic mass is 16.3. The molecule has 1 heterocycles. The predicted octanol–water partition coefficient (Wildman–Crippen LogP) is 1.17. The molecule has 0 aliphatic carbocycles. The third-order valence-corrected chi connectivity index (χ3v) is 2.92. The molecule has 1 aromatic heterocycles. The summed E-state index contributed by atoms with van der Waals surface area (Å²) in [4.78, 5) is 3.20. The lowest BCUT2D eigenvalue weighted by Gasteiger charge is -2.08. The van der Waals surface area contributed by atoms with Gasteiger partial charge in [-0.05, 0) is 18.6 Å². The number of phenols is 1. The first-order valence-electron chi connectivity index (χ1n) is 6.01. The Morgan fingerprint density at radius 2 is 2.28 bits per heavy atom. The van der Waals surface area contributed by atoms with E-state index < -0.39 is 0 Å². The van der Waals surface area contributed by atoms with Gasteiger partial charge in [-0.3, -0.25) is 0 Å². The molecule has 0 saturated carbocycles. The molecule has 0 fully saturated rings. The maximum absolute atomic E-state index is 9.38. The van der Waals surface area contributed by atoms with Gasteiger partial charge in [-0.2, -0.15) is 0 Å². The first kappa shape index (κ1) is 12.3. The van der Waals surface area contributed by atoms with Crippen LogP contribution in [0.1, 0.15) is 12.2 Å². The number of phenolic OH excluding ortho intramolecular Hbond substituents is 1. The Morgan fingerprint density at radius 3 is 3.00 bits per heavy atom. The summed E-state index contributed by atoms with van der Waals surface area (Å²) in [5, 5.41) is 12.6. The van der Waals surface area contributed by atoms with Crippen molar-refractivity contribution in [2.75, 3.05) is 17.6 Å². The number of hydrogen-bond acceptors (Lipinski definition) is 3. The first-order chi connectivity index (χ1) is 8.66. The molecule has 0 saturated heterocycles. The second kappa shape index (κ2) is 5.44. The Morgan fingerprint density at radius 1 is 1.44 bits per heavy atom. The zero-order valence-electron chi connectivity index (χ0n) is 10.5. The number of aromatic amines is 1. The predicted molar refractivity (Wildman–Crippen MR) is 71.3 cm³/mol. The highest BCUT2D eigenvalue weighted by molar-refractivity contribution is 5.67. The number of hydrogen-bond donors (Lipinski definition) is 4. The fourth-order valence-corrected chi connectivity index (χ4v) is 1.86. The molecule has 1 aromatic carbocycles. The van der Waals surface area contributed by atoms with Gasteiger partial charge in [-0.1, -0.05) is 0 Å². The van der Waals surface area contributed by atoms with Crippen molar-refractivity contribution >= 4 is 11.4 Å². The molecule has 0 bridgehead atoms. The van der Waals surface area contributed by atoms with Crippen LogP contribution in [0.2, 0.25) is 0 Å². The molecule has 2 aromatic rings. The Kier molecular flexibility index (Phi) is 3.72. The molecule has 2 rings (SSSR count). The average molecular weight is 247 g/mol. The van der Waals surface area contributed by atoms with Gasteiger partial charge in [0.1, 0.15) is 18.1 Å². The van der Waals surface area contributed by atoms with Crippen molar-refractivity contribution < 1.29 is 9.67 Å². The number of nitrogens with one attached hydrogen (secondary N) is 2. The minimum Gasteiger partial charge on any atom is -0.508 e. The maximum atomic E-state index is 9.38. The molecule has 0 radical (unpaired) electrons. The van der Waals surface area contributed by atoms with Crippen LogP contribution in [0.4, 0.5) is 11.4 Å². The van der Waals surface area contributed by atoms with E-state index in [2.05, 4.69) is 14.9 Å². The number of benzene rings is 1. The molecule has 0 unspecified atom stereocenters. The number of nitrogens with two attached hydrogens (primary N) is 1. The topological polar surface area (TPSA) is 77.9 Å². The van der Waals surface area contributed by atoms with Gasteiger partial charge in [0, 0.05) is 12.6 Å². The van der Waals surface area contributed by atoms with Gasteiger partial charge in [0.2, 0.25) is 0 Å². The van der Waals surface area contributed by atoms with Gasteiger partial charge < -0.3 is 16.2 Å². The van der Waals surface area contributed by atoms with Crippen LogP contribution in [0.15, 0.2) is 30.6 Å². The number of nitrogens with zero attached hydrogens (tertiary/aromatic N) is 1. The van der Waals surface area contributed by atoms with Crippen LogP contribution in [-0.4, -0.2) is 16.6 Å². The first-order valence-corrected chi connectivity index (χ1v) is 6.01. The van der Waals surface area contributed by atoms with Crippen LogP contribution in [0.3, 0.4) is 0 Å². The Hall–Kier alpha value is -2.17. The van der Waals surface area contributed by atoms with E-state index in [1.807, 2.05) is 19.4 Å².